The van der Waals surface area contributed by atoms with Crippen molar-refractivity contribution in [3.8, 4) is 0 Å². The maximum Gasteiger partial charge on any atom is 0.317 e. The second kappa shape index (κ2) is 6.51. The van der Waals surface area contributed by atoms with Gasteiger partial charge in [-0.3, -0.25) is 4.68 Å². The van der Waals surface area contributed by atoms with Crippen LogP contribution in [0.3, 0.4) is 0 Å². The van der Waals surface area contributed by atoms with Crippen LogP contribution in [0.5, 0.6) is 0 Å². The molecule has 1 saturated carbocycles. The van der Waals surface area contributed by atoms with E-state index >= 15 is 0 Å². The number of urea groups is 1. The number of benzene rings is 1. The number of carbonyl (C=O) groups excluding carboxylic acids is 1. The Labute approximate surface area is 159 Å². The molecule has 2 aromatic rings. The lowest BCUT2D eigenvalue weighted by molar-refractivity contribution is -0.137. The van der Waals surface area contributed by atoms with E-state index in [0.29, 0.717) is 23.9 Å². The topological polar surface area (TPSA) is 59.4 Å². The first-order valence-corrected chi connectivity index (χ1v) is 10.2. The lowest BCUT2D eigenvalue weighted by Crippen LogP contribution is -2.72. The maximum absolute atomic E-state index is 12.9. The molecule has 27 heavy (non-hydrogen) atoms. The Morgan fingerprint density at radius 3 is 2.89 bits per heavy atom. The van der Waals surface area contributed by atoms with Crippen molar-refractivity contribution >= 4 is 16.9 Å². The van der Waals surface area contributed by atoms with E-state index in [0.717, 1.165) is 49.1 Å². The van der Waals surface area contributed by atoms with Gasteiger partial charge in [0.1, 0.15) is 0 Å². The normalized spacial score (nSPS) is 24.6. The highest BCUT2D eigenvalue weighted by Gasteiger charge is 2.59. The molecule has 3 fully saturated rings. The number of carbonyl (C=O) groups is 1. The molecule has 3 aliphatic rings. The van der Waals surface area contributed by atoms with Crippen LogP contribution in [0, 0.1) is 11.3 Å². The number of amides is 2. The van der Waals surface area contributed by atoms with Crippen LogP contribution in [-0.4, -0.2) is 46.5 Å². The zero-order valence-corrected chi connectivity index (χ0v) is 16.0. The average molecular weight is 368 g/mol. The Kier molecular flexibility index (Phi) is 4.11. The molecule has 0 bridgehead atoms. The maximum atomic E-state index is 12.9. The Bertz CT molecular complexity index is 851. The van der Waals surface area contributed by atoms with Crippen molar-refractivity contribution in [2.45, 2.75) is 44.7 Å². The molecule has 2 amide bonds. The van der Waals surface area contributed by atoms with Crippen LogP contribution in [-0.2, 0) is 18.3 Å². The van der Waals surface area contributed by atoms with Crippen molar-refractivity contribution in [2.24, 2.45) is 18.4 Å². The van der Waals surface area contributed by atoms with E-state index in [1.165, 1.54) is 19.3 Å². The molecule has 0 radical (unpaired) electrons. The van der Waals surface area contributed by atoms with Crippen LogP contribution in [0.2, 0.25) is 0 Å². The summed E-state index contributed by atoms with van der Waals surface area (Å²) in [4.78, 5) is 15.0. The Morgan fingerprint density at radius 1 is 1.33 bits per heavy atom. The van der Waals surface area contributed by atoms with Crippen LogP contribution < -0.4 is 5.32 Å². The number of hydrogen-bond acceptors (Lipinski definition) is 3. The minimum atomic E-state index is 0.0918. The molecule has 1 unspecified atom stereocenters. The van der Waals surface area contributed by atoms with E-state index < -0.39 is 0 Å². The van der Waals surface area contributed by atoms with Gasteiger partial charge in [-0.25, -0.2) is 4.79 Å². The highest BCUT2D eigenvalue weighted by atomic mass is 16.5. The van der Waals surface area contributed by atoms with Crippen molar-refractivity contribution < 1.29 is 9.53 Å². The number of ether oxygens (including phenoxy) is 1. The first-order valence-electron chi connectivity index (χ1n) is 10.2. The van der Waals surface area contributed by atoms with Crippen LogP contribution in [0.1, 0.15) is 37.7 Å². The third-order valence-corrected chi connectivity index (χ3v) is 7.03. The molecule has 1 spiro atoms. The van der Waals surface area contributed by atoms with Crippen LogP contribution in [0.25, 0.3) is 10.9 Å². The number of rotatable bonds is 3. The monoisotopic (exact) mass is 368 g/mol. The van der Waals surface area contributed by atoms with E-state index in [2.05, 4.69) is 33.5 Å². The molecule has 5 rings (SSSR count). The number of fused-ring (bicyclic) bond motifs is 1. The molecule has 1 aliphatic carbocycles. The van der Waals surface area contributed by atoms with Crippen molar-refractivity contribution in [1.82, 2.24) is 20.0 Å². The summed E-state index contributed by atoms with van der Waals surface area (Å²) >= 11 is 0. The summed E-state index contributed by atoms with van der Waals surface area (Å²) in [5.41, 5.74) is 2.62. The van der Waals surface area contributed by atoms with Gasteiger partial charge in [0.05, 0.1) is 11.7 Å². The average Bonchev–Trinajstić information content (AvgIpc) is 2.99. The summed E-state index contributed by atoms with van der Waals surface area (Å²) in [5.74, 6) is 0.601. The standard InChI is InChI=1S/C21H28N4O2/c1-24-18-11-15(3-4-17(18)13-23-24)12-22-20(26)25-14-21(7-2-8-21)19(25)16-5-9-27-10-6-16/h3-4,11,13,16,19H,2,5-10,12,14H2,1H3,(H,22,26). The fraction of sp³-hybridized carbons (Fsp3) is 0.619. The summed E-state index contributed by atoms with van der Waals surface area (Å²) in [7, 11) is 1.95. The summed E-state index contributed by atoms with van der Waals surface area (Å²) < 4.78 is 7.42. The molecule has 2 saturated heterocycles. The first kappa shape index (κ1) is 17.0. The van der Waals surface area contributed by atoms with E-state index in [-0.39, 0.29) is 6.03 Å². The summed E-state index contributed by atoms with van der Waals surface area (Å²) in [6, 6.07) is 6.76. The SMILES string of the molecule is Cn1ncc2ccc(CNC(=O)N3CC4(CCC4)C3C3CCOCC3)cc21. The zero-order valence-electron chi connectivity index (χ0n) is 16.0. The third-order valence-electron chi connectivity index (χ3n) is 7.03. The fourth-order valence-corrected chi connectivity index (χ4v) is 5.40. The van der Waals surface area contributed by atoms with Gasteiger partial charge in [0, 0.05) is 50.2 Å². The molecule has 6 nitrogen and oxygen atoms in total. The Balaban J connectivity index is 1.26. The predicted molar refractivity (Wildman–Crippen MR) is 103 cm³/mol. The zero-order chi connectivity index (χ0) is 18.4. The van der Waals surface area contributed by atoms with Crippen molar-refractivity contribution in [2.75, 3.05) is 19.8 Å². The highest BCUT2D eigenvalue weighted by Crippen LogP contribution is 2.56. The molecular formula is C21H28N4O2. The minimum Gasteiger partial charge on any atom is -0.381 e. The van der Waals surface area contributed by atoms with Crippen molar-refractivity contribution in [3.05, 3.63) is 30.0 Å². The van der Waals surface area contributed by atoms with E-state index in [4.69, 9.17) is 4.74 Å². The number of aryl methyl sites for hydroxylation is 1. The Hall–Kier alpha value is -2.08. The van der Waals surface area contributed by atoms with E-state index in [1.54, 1.807) is 0 Å². The second-order valence-corrected chi connectivity index (χ2v) is 8.56. The van der Waals surface area contributed by atoms with Crippen molar-refractivity contribution in [3.63, 3.8) is 0 Å². The quantitative estimate of drug-likeness (QED) is 0.906. The van der Waals surface area contributed by atoms with Crippen LogP contribution in [0.4, 0.5) is 4.79 Å². The Morgan fingerprint density at radius 2 is 2.15 bits per heavy atom. The van der Waals surface area contributed by atoms with Crippen molar-refractivity contribution in [1.29, 1.82) is 0 Å². The largest absolute Gasteiger partial charge is 0.381 e. The highest BCUT2D eigenvalue weighted by molar-refractivity contribution is 5.80. The van der Waals surface area contributed by atoms with E-state index in [1.807, 2.05) is 17.9 Å². The van der Waals surface area contributed by atoms with Gasteiger partial charge in [-0.2, -0.15) is 5.10 Å². The summed E-state index contributed by atoms with van der Waals surface area (Å²) in [6.07, 6.45) is 7.95. The third kappa shape index (κ3) is 2.81. The van der Waals surface area contributed by atoms with Gasteiger partial charge in [0.25, 0.3) is 0 Å². The van der Waals surface area contributed by atoms with Crippen LogP contribution >= 0.6 is 0 Å². The molecule has 1 N–H and O–H groups in total. The van der Waals surface area contributed by atoms with Crippen LogP contribution in [0.15, 0.2) is 24.4 Å². The number of hydrogen-bond donors (Lipinski definition) is 1. The van der Waals surface area contributed by atoms with Gasteiger partial charge in [-0.1, -0.05) is 18.6 Å². The number of nitrogens with one attached hydrogen (secondary N) is 1. The van der Waals surface area contributed by atoms with Gasteiger partial charge < -0.3 is 15.0 Å². The molecule has 3 heterocycles. The van der Waals surface area contributed by atoms with Gasteiger partial charge in [0.15, 0.2) is 0 Å². The molecule has 1 aromatic carbocycles. The summed E-state index contributed by atoms with van der Waals surface area (Å²) in [5, 5.41) is 8.57. The van der Waals surface area contributed by atoms with E-state index in [9.17, 15) is 4.79 Å². The fourth-order valence-electron chi connectivity index (χ4n) is 5.40. The predicted octanol–water partition coefficient (Wildman–Crippen LogP) is 3.06. The van der Waals surface area contributed by atoms with Gasteiger partial charge >= 0.3 is 6.03 Å². The molecule has 1 aromatic heterocycles. The molecule has 6 heteroatoms. The number of likely N-dealkylation sites (tertiary alicyclic amines) is 1. The molecular weight excluding hydrogens is 340 g/mol. The van der Waals surface area contributed by atoms with Gasteiger partial charge in [-0.05, 0) is 43.2 Å². The molecule has 144 valence electrons. The summed E-state index contributed by atoms with van der Waals surface area (Å²) in [6.45, 7) is 3.18. The van der Waals surface area contributed by atoms with Gasteiger partial charge in [-0.15, -0.1) is 0 Å². The minimum absolute atomic E-state index is 0.0918. The first-order chi connectivity index (χ1) is 13.2. The molecule has 1 atom stereocenters. The van der Waals surface area contributed by atoms with Gasteiger partial charge in [0.2, 0.25) is 0 Å². The lowest BCUT2D eigenvalue weighted by Gasteiger charge is -2.64. The number of aromatic nitrogens is 2. The molecule has 2 aliphatic heterocycles. The second-order valence-electron chi connectivity index (χ2n) is 8.56. The number of nitrogens with zero attached hydrogens (tertiary/aromatic N) is 3. The smallest absolute Gasteiger partial charge is 0.317 e. The lowest BCUT2D eigenvalue weighted by atomic mass is 9.54.